The van der Waals surface area contributed by atoms with E-state index in [1.807, 2.05) is 30.3 Å². The van der Waals surface area contributed by atoms with Gasteiger partial charge in [0.15, 0.2) is 5.82 Å². The molecule has 0 atom stereocenters. The number of nitrogen functional groups attached to an aromatic ring is 1. The van der Waals surface area contributed by atoms with Gasteiger partial charge < -0.3 is 5.73 Å². The molecule has 86 valence electrons. The summed E-state index contributed by atoms with van der Waals surface area (Å²) in [6.45, 7) is 0. The molecule has 1 saturated carbocycles. The van der Waals surface area contributed by atoms with Crippen LogP contribution in [0.25, 0.3) is 11.4 Å². The molecule has 0 saturated heterocycles. The fraction of sp³-hybridized carbons (Fsp3) is 0.231. The van der Waals surface area contributed by atoms with Crippen LogP contribution in [-0.4, -0.2) is 9.97 Å². The molecule has 1 heterocycles. The molecule has 0 bridgehead atoms. The number of aromatic nitrogens is 2. The van der Waals surface area contributed by atoms with Crippen LogP contribution in [0.2, 0.25) is 0 Å². The zero-order valence-electron chi connectivity index (χ0n) is 9.23. The Balaban J connectivity index is 2.12. The van der Waals surface area contributed by atoms with Crippen molar-refractivity contribution in [2.45, 2.75) is 18.8 Å². The van der Waals surface area contributed by atoms with Crippen molar-refractivity contribution in [1.29, 1.82) is 0 Å². The number of halogens is 1. The second kappa shape index (κ2) is 4.11. The molecule has 0 radical (unpaired) electrons. The van der Waals surface area contributed by atoms with Gasteiger partial charge in [-0.15, -0.1) is 0 Å². The van der Waals surface area contributed by atoms with Crippen molar-refractivity contribution in [2.24, 2.45) is 0 Å². The molecule has 4 heteroatoms. The van der Waals surface area contributed by atoms with E-state index in [0.29, 0.717) is 17.6 Å². The molecular weight excluding hydrogens is 278 g/mol. The lowest BCUT2D eigenvalue weighted by molar-refractivity contribution is 0.984. The van der Waals surface area contributed by atoms with E-state index in [-0.39, 0.29) is 0 Å². The maximum absolute atomic E-state index is 5.93. The van der Waals surface area contributed by atoms with Gasteiger partial charge in [0.25, 0.3) is 0 Å². The number of rotatable bonds is 2. The Labute approximate surface area is 108 Å². The summed E-state index contributed by atoms with van der Waals surface area (Å²) in [5.41, 5.74) is 7.99. The zero-order chi connectivity index (χ0) is 11.8. The Hall–Kier alpha value is -1.42. The smallest absolute Gasteiger partial charge is 0.161 e. The third-order valence-electron chi connectivity index (χ3n) is 2.90. The molecule has 1 aromatic carbocycles. The summed E-state index contributed by atoms with van der Waals surface area (Å²) in [5.74, 6) is 1.80. The van der Waals surface area contributed by atoms with Crippen LogP contribution in [0.15, 0.2) is 34.8 Å². The first-order valence-corrected chi connectivity index (χ1v) is 6.43. The quantitative estimate of drug-likeness (QED) is 0.922. The highest BCUT2D eigenvalue weighted by Crippen LogP contribution is 2.43. The van der Waals surface area contributed by atoms with Gasteiger partial charge in [-0.25, -0.2) is 9.97 Å². The minimum atomic E-state index is 0.528. The Morgan fingerprint density at radius 1 is 1.12 bits per heavy atom. The van der Waals surface area contributed by atoms with Gasteiger partial charge in [-0.1, -0.05) is 30.3 Å². The summed E-state index contributed by atoms with van der Waals surface area (Å²) in [4.78, 5) is 8.96. The van der Waals surface area contributed by atoms with Crippen LogP contribution in [0.1, 0.15) is 24.5 Å². The van der Waals surface area contributed by atoms with Gasteiger partial charge in [0.1, 0.15) is 5.82 Å². The Bertz CT molecular complexity index is 550. The molecule has 0 unspecified atom stereocenters. The molecular formula is C13H12BrN3. The molecule has 2 N–H and O–H groups in total. The standard InChI is InChI=1S/C13H12BrN3/c14-10-11(8-6-7-8)16-13(17-12(10)15)9-4-2-1-3-5-9/h1-5,8H,6-7H2,(H2,15,16,17). The maximum atomic E-state index is 5.93. The van der Waals surface area contributed by atoms with Crippen molar-refractivity contribution in [3.8, 4) is 11.4 Å². The van der Waals surface area contributed by atoms with Crippen LogP contribution >= 0.6 is 15.9 Å². The fourth-order valence-electron chi connectivity index (χ4n) is 1.83. The van der Waals surface area contributed by atoms with Gasteiger partial charge in [-0.3, -0.25) is 0 Å². The predicted molar refractivity (Wildman–Crippen MR) is 71.6 cm³/mol. The predicted octanol–water partition coefficient (Wildman–Crippen LogP) is 3.37. The van der Waals surface area contributed by atoms with Crippen molar-refractivity contribution in [3.05, 3.63) is 40.5 Å². The number of hydrogen-bond donors (Lipinski definition) is 1. The molecule has 1 fully saturated rings. The third-order valence-corrected chi connectivity index (χ3v) is 3.71. The van der Waals surface area contributed by atoms with Crippen LogP contribution in [0.3, 0.4) is 0 Å². The highest BCUT2D eigenvalue weighted by Gasteiger charge is 2.29. The SMILES string of the molecule is Nc1nc(-c2ccccc2)nc(C2CC2)c1Br. The van der Waals surface area contributed by atoms with Crippen LogP contribution < -0.4 is 5.73 Å². The van der Waals surface area contributed by atoms with Crippen molar-refractivity contribution in [3.63, 3.8) is 0 Å². The minimum absolute atomic E-state index is 0.528. The van der Waals surface area contributed by atoms with Gasteiger partial charge in [0, 0.05) is 11.5 Å². The molecule has 2 aromatic rings. The van der Waals surface area contributed by atoms with Crippen LogP contribution in [0, 0.1) is 0 Å². The van der Waals surface area contributed by atoms with E-state index >= 15 is 0 Å². The summed E-state index contributed by atoms with van der Waals surface area (Å²) >= 11 is 3.48. The van der Waals surface area contributed by atoms with Crippen molar-refractivity contribution >= 4 is 21.7 Å². The lowest BCUT2D eigenvalue weighted by atomic mass is 10.2. The largest absolute Gasteiger partial charge is 0.383 e. The van der Waals surface area contributed by atoms with Crippen LogP contribution in [0.4, 0.5) is 5.82 Å². The molecule has 3 nitrogen and oxygen atoms in total. The fourth-order valence-corrected chi connectivity index (χ4v) is 2.33. The molecule has 0 amide bonds. The first kappa shape index (κ1) is 10.7. The topological polar surface area (TPSA) is 51.8 Å². The lowest BCUT2D eigenvalue weighted by Gasteiger charge is -2.08. The summed E-state index contributed by atoms with van der Waals surface area (Å²) < 4.78 is 0.861. The van der Waals surface area contributed by atoms with E-state index in [9.17, 15) is 0 Å². The van der Waals surface area contributed by atoms with E-state index in [1.165, 1.54) is 12.8 Å². The highest BCUT2D eigenvalue weighted by atomic mass is 79.9. The molecule has 0 spiro atoms. The van der Waals surface area contributed by atoms with Crippen LogP contribution in [-0.2, 0) is 0 Å². The van der Waals surface area contributed by atoms with Gasteiger partial charge >= 0.3 is 0 Å². The summed E-state index contributed by atoms with van der Waals surface area (Å²) in [6, 6.07) is 9.94. The normalized spacial score (nSPS) is 14.9. The summed E-state index contributed by atoms with van der Waals surface area (Å²) in [5, 5.41) is 0. The number of benzene rings is 1. The minimum Gasteiger partial charge on any atom is -0.383 e. The average molecular weight is 290 g/mol. The highest BCUT2D eigenvalue weighted by molar-refractivity contribution is 9.10. The van der Waals surface area contributed by atoms with Crippen molar-refractivity contribution in [1.82, 2.24) is 9.97 Å². The molecule has 1 aliphatic rings. The Morgan fingerprint density at radius 2 is 1.82 bits per heavy atom. The number of anilines is 1. The maximum Gasteiger partial charge on any atom is 0.161 e. The van der Waals surface area contributed by atoms with Crippen molar-refractivity contribution < 1.29 is 0 Å². The van der Waals surface area contributed by atoms with E-state index in [4.69, 9.17) is 5.73 Å². The third kappa shape index (κ3) is 2.05. The Morgan fingerprint density at radius 3 is 2.47 bits per heavy atom. The Kier molecular flexibility index (Phi) is 2.59. The van der Waals surface area contributed by atoms with Gasteiger partial charge in [0.2, 0.25) is 0 Å². The van der Waals surface area contributed by atoms with Crippen LogP contribution in [0.5, 0.6) is 0 Å². The number of nitrogens with zero attached hydrogens (tertiary/aromatic N) is 2. The van der Waals surface area contributed by atoms with Gasteiger partial charge in [0.05, 0.1) is 10.2 Å². The first-order valence-electron chi connectivity index (χ1n) is 5.64. The van der Waals surface area contributed by atoms with Crippen molar-refractivity contribution in [2.75, 3.05) is 5.73 Å². The monoisotopic (exact) mass is 289 g/mol. The molecule has 0 aliphatic heterocycles. The molecule has 1 aromatic heterocycles. The second-order valence-electron chi connectivity index (χ2n) is 4.27. The van der Waals surface area contributed by atoms with Gasteiger partial charge in [-0.2, -0.15) is 0 Å². The summed E-state index contributed by atoms with van der Waals surface area (Å²) in [6.07, 6.45) is 2.40. The van der Waals surface area contributed by atoms with E-state index in [0.717, 1.165) is 15.7 Å². The molecule has 3 rings (SSSR count). The zero-order valence-corrected chi connectivity index (χ0v) is 10.8. The first-order chi connectivity index (χ1) is 8.25. The summed E-state index contributed by atoms with van der Waals surface area (Å²) in [7, 11) is 0. The van der Waals surface area contributed by atoms with E-state index < -0.39 is 0 Å². The number of hydrogen-bond acceptors (Lipinski definition) is 3. The van der Waals surface area contributed by atoms with Gasteiger partial charge in [-0.05, 0) is 28.8 Å². The molecule has 1 aliphatic carbocycles. The second-order valence-corrected chi connectivity index (χ2v) is 5.06. The lowest BCUT2D eigenvalue weighted by Crippen LogP contribution is -2.01. The molecule has 17 heavy (non-hydrogen) atoms. The van der Waals surface area contributed by atoms with E-state index in [2.05, 4.69) is 25.9 Å². The number of nitrogens with two attached hydrogens (primary N) is 1. The van der Waals surface area contributed by atoms with E-state index in [1.54, 1.807) is 0 Å². The average Bonchev–Trinajstić information content (AvgIpc) is 3.18.